The molecule has 1 saturated heterocycles. The van der Waals surface area contributed by atoms with E-state index in [1.54, 1.807) is 0 Å². The highest BCUT2D eigenvalue weighted by molar-refractivity contribution is 6.01. The molecule has 182 valence electrons. The van der Waals surface area contributed by atoms with Crippen LogP contribution in [0.4, 0.5) is 5.69 Å². The number of amides is 2. The van der Waals surface area contributed by atoms with Crippen LogP contribution >= 0.6 is 0 Å². The highest BCUT2D eigenvalue weighted by atomic mass is 16.6. The molecule has 0 radical (unpaired) electrons. The van der Waals surface area contributed by atoms with E-state index in [1.165, 1.54) is 32.0 Å². The lowest BCUT2D eigenvalue weighted by atomic mass is 9.89. The molecule has 1 aromatic rings. The van der Waals surface area contributed by atoms with E-state index in [1.807, 2.05) is 13.8 Å². The van der Waals surface area contributed by atoms with Gasteiger partial charge in [0.1, 0.15) is 18.3 Å². The maximum atomic E-state index is 12.8. The second-order valence-corrected chi connectivity index (χ2v) is 8.39. The molecular weight excluding hydrogens is 432 g/mol. The number of rotatable bonds is 8. The van der Waals surface area contributed by atoms with Crippen molar-refractivity contribution in [1.82, 2.24) is 5.32 Å². The first-order valence-corrected chi connectivity index (χ1v) is 11.0. The Hall–Kier alpha value is -3.14. The topological polar surface area (TPSA) is 151 Å². The Bertz CT molecular complexity index is 874. The number of esters is 2. The average molecular weight is 465 g/mol. The molecule has 4 N–H and O–H groups in total. The third-order valence-corrected chi connectivity index (χ3v) is 5.97. The van der Waals surface area contributed by atoms with E-state index in [9.17, 15) is 29.4 Å². The molecule has 0 aromatic heterocycles. The number of aliphatic hydroxyl groups is 1. The van der Waals surface area contributed by atoms with Gasteiger partial charge in [-0.1, -0.05) is 26.3 Å². The van der Waals surface area contributed by atoms with Crippen LogP contribution in [-0.2, 0) is 23.9 Å². The summed E-state index contributed by atoms with van der Waals surface area (Å²) in [5, 5.41) is 25.6. The van der Waals surface area contributed by atoms with Crippen molar-refractivity contribution >= 4 is 29.9 Å². The Balaban J connectivity index is 2.25. The summed E-state index contributed by atoms with van der Waals surface area (Å²) in [5.74, 6) is -3.43. The number of hydrogen-bond donors (Lipinski definition) is 4. The van der Waals surface area contributed by atoms with Gasteiger partial charge in [-0.25, -0.2) is 4.79 Å². The van der Waals surface area contributed by atoms with Crippen molar-refractivity contribution in [1.29, 1.82) is 0 Å². The fourth-order valence-corrected chi connectivity index (χ4v) is 3.58. The number of phenols is 1. The summed E-state index contributed by atoms with van der Waals surface area (Å²) < 4.78 is 10.8. The van der Waals surface area contributed by atoms with Gasteiger partial charge in [-0.2, -0.15) is 0 Å². The van der Waals surface area contributed by atoms with Crippen LogP contribution < -0.4 is 10.6 Å². The normalized spacial score (nSPS) is 26.6. The zero-order valence-corrected chi connectivity index (χ0v) is 19.2. The lowest BCUT2D eigenvalue weighted by Crippen LogP contribution is -2.50. The summed E-state index contributed by atoms with van der Waals surface area (Å²) in [6.07, 6.45) is -1.05. The number of aliphatic hydroxyl groups excluding tert-OH is 1. The van der Waals surface area contributed by atoms with Gasteiger partial charge in [0.25, 0.3) is 5.91 Å². The number of cyclic esters (lactones) is 2. The number of carbonyl (C=O) groups is 4. The molecule has 0 saturated carbocycles. The van der Waals surface area contributed by atoms with Crippen molar-refractivity contribution in [2.75, 3.05) is 5.32 Å². The highest BCUT2D eigenvalue weighted by Crippen LogP contribution is 2.28. The summed E-state index contributed by atoms with van der Waals surface area (Å²) in [6.45, 7) is 6.98. The average Bonchev–Trinajstić information content (AvgIpc) is 2.79. The second kappa shape index (κ2) is 11.6. The number of anilines is 1. The predicted molar refractivity (Wildman–Crippen MR) is 118 cm³/mol. The monoisotopic (exact) mass is 464 g/mol. The lowest BCUT2D eigenvalue weighted by Gasteiger charge is -2.25. The van der Waals surface area contributed by atoms with Gasteiger partial charge in [0.05, 0.1) is 17.2 Å². The molecule has 10 heteroatoms. The van der Waals surface area contributed by atoms with Gasteiger partial charge in [-0.15, -0.1) is 0 Å². The molecule has 1 aliphatic heterocycles. The molecule has 33 heavy (non-hydrogen) atoms. The van der Waals surface area contributed by atoms with E-state index in [0.29, 0.717) is 25.2 Å². The third kappa shape index (κ3) is 6.44. The Morgan fingerprint density at radius 3 is 2.48 bits per heavy atom. The van der Waals surface area contributed by atoms with Crippen LogP contribution in [-0.4, -0.2) is 58.8 Å². The largest absolute Gasteiger partial charge is 0.505 e. The molecule has 2 amide bonds. The van der Waals surface area contributed by atoms with Crippen LogP contribution in [0.5, 0.6) is 5.75 Å². The fraction of sp³-hybridized carbons (Fsp3) is 0.565. The van der Waals surface area contributed by atoms with Crippen molar-refractivity contribution in [3.63, 3.8) is 0 Å². The molecule has 1 fully saturated rings. The van der Waals surface area contributed by atoms with Crippen molar-refractivity contribution in [2.24, 2.45) is 11.8 Å². The van der Waals surface area contributed by atoms with Crippen molar-refractivity contribution in [3.05, 3.63) is 23.8 Å². The van der Waals surface area contributed by atoms with Crippen LogP contribution in [0, 0.1) is 11.8 Å². The number of para-hydroxylation sites is 1. The molecule has 1 heterocycles. The minimum atomic E-state index is -1.38. The van der Waals surface area contributed by atoms with Gasteiger partial charge >= 0.3 is 11.9 Å². The van der Waals surface area contributed by atoms with Gasteiger partial charge in [0.2, 0.25) is 6.41 Å². The van der Waals surface area contributed by atoms with Crippen molar-refractivity contribution in [2.45, 2.75) is 71.3 Å². The molecule has 0 aliphatic carbocycles. The number of carbonyl (C=O) groups excluding carboxylic acids is 4. The van der Waals surface area contributed by atoms with E-state index in [2.05, 4.69) is 10.6 Å². The number of hydrogen-bond acceptors (Lipinski definition) is 8. The van der Waals surface area contributed by atoms with Crippen LogP contribution in [0.25, 0.3) is 0 Å². The molecule has 1 unspecified atom stereocenters. The summed E-state index contributed by atoms with van der Waals surface area (Å²) >= 11 is 0. The quantitative estimate of drug-likeness (QED) is 0.258. The lowest BCUT2D eigenvalue weighted by molar-refractivity contribution is -0.160. The van der Waals surface area contributed by atoms with E-state index in [-0.39, 0.29) is 11.3 Å². The maximum absolute atomic E-state index is 12.8. The van der Waals surface area contributed by atoms with Gasteiger partial charge in [0.15, 0.2) is 11.8 Å². The fourth-order valence-electron chi connectivity index (χ4n) is 3.58. The maximum Gasteiger partial charge on any atom is 0.332 e. The summed E-state index contributed by atoms with van der Waals surface area (Å²) in [7, 11) is 0. The summed E-state index contributed by atoms with van der Waals surface area (Å²) in [4.78, 5) is 49.1. The Morgan fingerprint density at radius 1 is 1.18 bits per heavy atom. The molecule has 1 aromatic carbocycles. The molecule has 2 rings (SSSR count). The smallest absolute Gasteiger partial charge is 0.332 e. The van der Waals surface area contributed by atoms with Crippen LogP contribution in [0.1, 0.15) is 57.3 Å². The van der Waals surface area contributed by atoms with Gasteiger partial charge < -0.3 is 30.3 Å². The first-order chi connectivity index (χ1) is 15.6. The molecule has 0 bridgehead atoms. The second-order valence-electron chi connectivity index (χ2n) is 8.39. The number of aromatic hydroxyl groups is 1. The van der Waals surface area contributed by atoms with Crippen LogP contribution in [0.3, 0.4) is 0 Å². The molecular formula is C23H32N2O8. The predicted octanol–water partition coefficient (Wildman–Crippen LogP) is 1.74. The summed E-state index contributed by atoms with van der Waals surface area (Å²) in [6, 6.07) is 2.74. The first kappa shape index (κ1) is 26.1. The first-order valence-electron chi connectivity index (χ1n) is 11.0. The minimum Gasteiger partial charge on any atom is -0.505 e. The van der Waals surface area contributed by atoms with E-state index in [4.69, 9.17) is 9.47 Å². The standard InChI is InChI=1S/C23H32N2O8/c1-5-12(2)9-10-16-19(27)14(4)33-23(31)18(13(3)32-22(16)30)25-21(29)15-7-6-8-17(20(15)28)24-11-26/h6-8,11-14,16,18-19,27-28H,5,9-10H2,1-4H3,(H,24,26)(H,25,29)/t12?,13-,14+,16-,18+,19+/m1/s1. The van der Waals surface area contributed by atoms with Crippen LogP contribution in [0.2, 0.25) is 0 Å². The Kier molecular flexibility index (Phi) is 9.22. The van der Waals surface area contributed by atoms with Gasteiger partial charge in [-0.3, -0.25) is 14.4 Å². The number of nitrogens with one attached hydrogen (secondary N) is 2. The van der Waals surface area contributed by atoms with Gasteiger partial charge in [0, 0.05) is 0 Å². The Morgan fingerprint density at radius 2 is 1.85 bits per heavy atom. The zero-order chi connectivity index (χ0) is 24.7. The number of benzene rings is 1. The zero-order valence-electron chi connectivity index (χ0n) is 19.2. The highest BCUT2D eigenvalue weighted by Gasteiger charge is 2.41. The summed E-state index contributed by atoms with van der Waals surface area (Å²) in [5.41, 5.74) is -0.192. The SMILES string of the molecule is CCC(C)CC[C@H]1C(=O)O[C@H](C)[C@H](NC(=O)c2cccc(NC=O)c2O)C(=O)O[C@@H](C)[C@@H]1O. The number of ether oxygens (including phenoxy) is 2. The molecule has 6 atom stereocenters. The Labute approximate surface area is 192 Å². The van der Waals surface area contributed by atoms with E-state index in [0.717, 1.165) is 6.42 Å². The number of phenolic OH excluding ortho intramolecular Hbond substituents is 1. The van der Waals surface area contributed by atoms with E-state index >= 15 is 0 Å². The van der Waals surface area contributed by atoms with Crippen LogP contribution in [0.15, 0.2) is 18.2 Å². The molecule has 0 spiro atoms. The van der Waals surface area contributed by atoms with Crippen molar-refractivity contribution in [3.8, 4) is 5.75 Å². The van der Waals surface area contributed by atoms with Gasteiger partial charge in [-0.05, 0) is 44.7 Å². The van der Waals surface area contributed by atoms with E-state index < -0.39 is 53.9 Å². The minimum absolute atomic E-state index is 0.00932. The third-order valence-electron chi connectivity index (χ3n) is 5.97. The van der Waals surface area contributed by atoms with Crippen molar-refractivity contribution < 1.29 is 38.9 Å². The molecule has 1 aliphatic rings. The molecule has 10 nitrogen and oxygen atoms in total.